The van der Waals surface area contributed by atoms with Crippen molar-refractivity contribution in [3.05, 3.63) is 51.7 Å². The number of benzene rings is 1. The normalized spacial score (nSPS) is 11.4. The van der Waals surface area contributed by atoms with Gasteiger partial charge in [0.2, 0.25) is 0 Å². The largest absolute Gasteiger partial charge is 0.477 e. The number of thiophene rings is 1. The van der Waals surface area contributed by atoms with E-state index in [1.165, 1.54) is 6.07 Å². The van der Waals surface area contributed by atoms with E-state index in [4.69, 9.17) is 5.11 Å². The van der Waals surface area contributed by atoms with E-state index in [0.29, 0.717) is 5.56 Å². The van der Waals surface area contributed by atoms with Gasteiger partial charge in [-0.15, -0.1) is 11.3 Å². The molecule has 0 saturated carbocycles. The Labute approximate surface area is 115 Å². The molecule has 2 aromatic rings. The third-order valence-corrected chi connectivity index (χ3v) is 5.24. The minimum Gasteiger partial charge on any atom is -0.477 e. The van der Waals surface area contributed by atoms with Gasteiger partial charge >= 0.3 is 5.97 Å². The lowest BCUT2D eigenvalue weighted by Gasteiger charge is -2.05. The van der Waals surface area contributed by atoms with Gasteiger partial charge in [-0.05, 0) is 41.6 Å². The van der Waals surface area contributed by atoms with Crippen molar-refractivity contribution in [3.63, 3.8) is 0 Å². The van der Waals surface area contributed by atoms with E-state index in [0.717, 1.165) is 16.9 Å². The molecule has 6 heteroatoms. The van der Waals surface area contributed by atoms with E-state index >= 15 is 0 Å². The van der Waals surface area contributed by atoms with Crippen molar-refractivity contribution in [2.75, 3.05) is 0 Å². The lowest BCUT2D eigenvalue weighted by molar-refractivity contribution is 0.0701. The van der Waals surface area contributed by atoms with Crippen LogP contribution < -0.4 is 0 Å². The summed E-state index contributed by atoms with van der Waals surface area (Å²) in [5, 5.41) is 10.6. The molecule has 4 nitrogen and oxygen atoms in total. The number of carboxylic acids is 1. The highest BCUT2D eigenvalue weighted by molar-refractivity contribution is 7.90. The van der Waals surface area contributed by atoms with Crippen molar-refractivity contribution in [2.24, 2.45) is 0 Å². The fourth-order valence-electron chi connectivity index (χ4n) is 1.73. The molecule has 0 spiro atoms. The Kier molecular flexibility index (Phi) is 3.73. The zero-order valence-electron chi connectivity index (χ0n) is 10.2. The van der Waals surface area contributed by atoms with Crippen LogP contribution in [-0.2, 0) is 15.6 Å². The summed E-state index contributed by atoms with van der Waals surface area (Å²) in [7, 11) is -3.52. The Morgan fingerprint density at radius 3 is 2.68 bits per heavy atom. The molecule has 0 amide bonds. The van der Waals surface area contributed by atoms with Crippen LogP contribution in [0.3, 0.4) is 0 Å². The molecule has 0 aliphatic heterocycles. The number of aromatic carboxylic acids is 1. The lowest BCUT2D eigenvalue weighted by atomic mass is 10.2. The second-order valence-corrected chi connectivity index (χ2v) is 7.06. The van der Waals surface area contributed by atoms with Crippen LogP contribution in [-0.4, -0.2) is 19.5 Å². The molecule has 1 heterocycles. The maximum Gasteiger partial charge on any atom is 0.346 e. The van der Waals surface area contributed by atoms with E-state index in [1.807, 2.05) is 13.0 Å². The molecule has 19 heavy (non-hydrogen) atoms. The van der Waals surface area contributed by atoms with Gasteiger partial charge in [0, 0.05) is 0 Å². The average Bonchev–Trinajstić information content (AvgIpc) is 2.76. The zero-order chi connectivity index (χ0) is 14.0. The summed E-state index contributed by atoms with van der Waals surface area (Å²) in [6.45, 7) is 1.81. The van der Waals surface area contributed by atoms with E-state index < -0.39 is 15.8 Å². The quantitative estimate of drug-likeness (QED) is 0.941. The molecular weight excluding hydrogens is 284 g/mol. The van der Waals surface area contributed by atoms with E-state index in [-0.39, 0.29) is 15.5 Å². The van der Waals surface area contributed by atoms with Crippen LogP contribution in [0.1, 0.15) is 20.8 Å². The highest BCUT2D eigenvalue weighted by atomic mass is 32.2. The van der Waals surface area contributed by atoms with Gasteiger partial charge in [0.15, 0.2) is 9.84 Å². The van der Waals surface area contributed by atoms with Gasteiger partial charge in [0.25, 0.3) is 0 Å². The molecule has 0 fully saturated rings. The molecule has 1 aromatic carbocycles. The molecule has 0 saturated heterocycles. The molecule has 2 rings (SSSR count). The second-order valence-electron chi connectivity index (χ2n) is 4.16. The Hall–Kier alpha value is -1.66. The highest BCUT2D eigenvalue weighted by Crippen LogP contribution is 2.23. The maximum atomic E-state index is 12.2. The fourth-order valence-corrected chi connectivity index (χ4v) is 4.05. The Bertz CT molecular complexity index is 714. The monoisotopic (exact) mass is 296 g/mol. The number of sulfone groups is 1. The molecule has 0 radical (unpaired) electrons. The van der Waals surface area contributed by atoms with Crippen molar-refractivity contribution in [3.8, 4) is 0 Å². The van der Waals surface area contributed by atoms with E-state index in [2.05, 4.69) is 0 Å². The lowest BCUT2D eigenvalue weighted by Crippen LogP contribution is -2.07. The molecule has 100 valence electrons. The SMILES string of the molecule is Cc1cccc(S(=O)(=O)Cc2ccsc2C(=O)O)c1. The number of hydrogen-bond donors (Lipinski definition) is 1. The summed E-state index contributed by atoms with van der Waals surface area (Å²) in [6.07, 6.45) is 0. The predicted molar refractivity (Wildman–Crippen MR) is 73.3 cm³/mol. The zero-order valence-corrected chi connectivity index (χ0v) is 11.8. The van der Waals surface area contributed by atoms with Gasteiger partial charge in [0.1, 0.15) is 4.88 Å². The summed E-state index contributed by atoms with van der Waals surface area (Å²) < 4.78 is 24.5. The van der Waals surface area contributed by atoms with Crippen molar-refractivity contribution >= 4 is 27.1 Å². The number of hydrogen-bond acceptors (Lipinski definition) is 4. The minimum atomic E-state index is -3.52. The molecule has 1 aromatic heterocycles. The fraction of sp³-hybridized carbons (Fsp3) is 0.154. The average molecular weight is 296 g/mol. The van der Waals surface area contributed by atoms with Crippen LogP contribution in [0.4, 0.5) is 0 Å². The van der Waals surface area contributed by atoms with Crippen molar-refractivity contribution in [1.29, 1.82) is 0 Å². The van der Waals surface area contributed by atoms with Gasteiger partial charge < -0.3 is 5.11 Å². The highest BCUT2D eigenvalue weighted by Gasteiger charge is 2.20. The van der Waals surface area contributed by atoms with Gasteiger partial charge in [0.05, 0.1) is 10.6 Å². The molecule has 0 bridgehead atoms. The first-order valence-corrected chi connectivity index (χ1v) is 8.02. The van der Waals surface area contributed by atoms with Crippen molar-refractivity contribution < 1.29 is 18.3 Å². The third-order valence-electron chi connectivity index (χ3n) is 2.64. The third kappa shape index (κ3) is 3.02. The Balaban J connectivity index is 2.37. The summed E-state index contributed by atoms with van der Waals surface area (Å²) in [6, 6.07) is 8.14. The van der Waals surface area contributed by atoms with Crippen LogP contribution in [0.2, 0.25) is 0 Å². The van der Waals surface area contributed by atoms with E-state index in [1.54, 1.807) is 23.6 Å². The molecule has 0 atom stereocenters. The number of rotatable bonds is 4. The van der Waals surface area contributed by atoms with Crippen LogP contribution in [0.5, 0.6) is 0 Å². The Morgan fingerprint density at radius 1 is 1.32 bits per heavy atom. The molecule has 0 unspecified atom stereocenters. The molecule has 0 aliphatic rings. The predicted octanol–water partition coefficient (Wildman–Crippen LogP) is 2.73. The smallest absolute Gasteiger partial charge is 0.346 e. The number of carboxylic acid groups (broad SMARTS) is 1. The maximum absolute atomic E-state index is 12.2. The van der Waals surface area contributed by atoms with Crippen LogP contribution in [0, 0.1) is 6.92 Å². The molecule has 1 N–H and O–H groups in total. The summed E-state index contributed by atoms with van der Waals surface area (Å²) >= 11 is 1.03. The first-order chi connectivity index (χ1) is 8.90. The van der Waals surface area contributed by atoms with Crippen LogP contribution in [0.25, 0.3) is 0 Å². The van der Waals surface area contributed by atoms with Gasteiger partial charge in [-0.2, -0.15) is 0 Å². The number of carbonyl (C=O) groups is 1. The van der Waals surface area contributed by atoms with Gasteiger partial charge in [-0.25, -0.2) is 13.2 Å². The van der Waals surface area contributed by atoms with Crippen LogP contribution in [0.15, 0.2) is 40.6 Å². The molecular formula is C13H12O4S2. The summed E-state index contributed by atoms with van der Waals surface area (Å²) in [5.41, 5.74) is 1.18. The first-order valence-electron chi connectivity index (χ1n) is 5.49. The van der Waals surface area contributed by atoms with Gasteiger partial charge in [-0.1, -0.05) is 12.1 Å². The summed E-state index contributed by atoms with van der Waals surface area (Å²) in [4.78, 5) is 11.3. The minimum absolute atomic E-state index is 0.0798. The standard InChI is InChI=1S/C13H12O4S2/c1-9-3-2-4-11(7-9)19(16,17)8-10-5-6-18-12(10)13(14)15/h2-7H,8H2,1H3,(H,14,15). The van der Waals surface area contributed by atoms with Crippen LogP contribution >= 0.6 is 11.3 Å². The first kappa shape index (κ1) is 13.8. The topological polar surface area (TPSA) is 71.4 Å². The molecule has 0 aliphatic carbocycles. The summed E-state index contributed by atoms with van der Waals surface area (Å²) in [5.74, 6) is -1.38. The Morgan fingerprint density at radius 2 is 2.05 bits per heavy atom. The van der Waals surface area contributed by atoms with Crippen molar-refractivity contribution in [2.45, 2.75) is 17.6 Å². The van der Waals surface area contributed by atoms with Gasteiger partial charge in [-0.3, -0.25) is 0 Å². The number of aryl methyl sites for hydroxylation is 1. The van der Waals surface area contributed by atoms with E-state index in [9.17, 15) is 13.2 Å². The second kappa shape index (κ2) is 5.14. The van der Waals surface area contributed by atoms with Crippen molar-refractivity contribution in [1.82, 2.24) is 0 Å².